The van der Waals surface area contributed by atoms with Crippen LogP contribution in [0, 0.1) is 0 Å². The first kappa shape index (κ1) is 11.5. The third-order valence-corrected chi connectivity index (χ3v) is 3.01. The quantitative estimate of drug-likeness (QED) is 0.652. The van der Waals surface area contributed by atoms with Crippen LogP contribution in [0.4, 0.5) is 0 Å². The predicted molar refractivity (Wildman–Crippen MR) is 68.7 cm³/mol. The second kappa shape index (κ2) is 4.24. The summed E-state index contributed by atoms with van der Waals surface area (Å²) in [4.78, 5) is 12.0. The Morgan fingerprint density at radius 3 is 2.63 bits per heavy atom. The summed E-state index contributed by atoms with van der Waals surface area (Å²) in [5.74, 6) is -0.397. The van der Waals surface area contributed by atoms with Crippen molar-refractivity contribution in [3.8, 4) is 11.1 Å². The van der Waals surface area contributed by atoms with E-state index >= 15 is 0 Å². The van der Waals surface area contributed by atoms with Gasteiger partial charge in [0, 0.05) is 18.8 Å². The van der Waals surface area contributed by atoms with Gasteiger partial charge in [0.2, 0.25) is 0 Å². The maximum Gasteiger partial charge on any atom is 0.342 e. The monoisotopic (exact) mass is 256 g/mol. The van der Waals surface area contributed by atoms with E-state index < -0.39 is 5.97 Å². The van der Waals surface area contributed by atoms with E-state index in [-0.39, 0.29) is 0 Å². The van der Waals surface area contributed by atoms with Crippen LogP contribution in [-0.2, 0) is 11.8 Å². The minimum absolute atomic E-state index is 0.397. The number of hydrogen-bond donors (Lipinski definition) is 0. The molecule has 0 atom stereocenters. The van der Waals surface area contributed by atoms with Gasteiger partial charge >= 0.3 is 5.97 Å². The molecule has 0 N–H and O–H groups in total. The Hall–Kier alpha value is -2.63. The summed E-state index contributed by atoms with van der Waals surface area (Å²) in [6.07, 6.45) is 1.78. The molecule has 0 radical (unpaired) electrons. The van der Waals surface area contributed by atoms with Crippen LogP contribution >= 0.6 is 0 Å². The average molecular weight is 256 g/mol. The van der Waals surface area contributed by atoms with Gasteiger partial charge in [-0.3, -0.25) is 0 Å². The van der Waals surface area contributed by atoms with Crippen LogP contribution in [0.15, 0.2) is 36.5 Å². The van der Waals surface area contributed by atoms with Crippen LogP contribution in [-0.4, -0.2) is 32.7 Å². The average Bonchev–Trinajstić information content (AvgIpc) is 2.99. The van der Waals surface area contributed by atoms with Gasteiger partial charge in [0.15, 0.2) is 5.65 Å². The smallest absolute Gasteiger partial charge is 0.342 e. The van der Waals surface area contributed by atoms with E-state index in [9.17, 15) is 4.79 Å². The molecule has 2 heterocycles. The number of ether oxygens (including phenoxy) is 1. The van der Waals surface area contributed by atoms with Gasteiger partial charge in [-0.2, -0.15) is 0 Å². The van der Waals surface area contributed by atoms with E-state index in [1.54, 1.807) is 22.4 Å². The van der Waals surface area contributed by atoms with Gasteiger partial charge < -0.3 is 4.74 Å². The van der Waals surface area contributed by atoms with Crippen molar-refractivity contribution in [2.75, 3.05) is 7.11 Å². The number of hydrogen-bond acceptors (Lipinski definition) is 4. The van der Waals surface area contributed by atoms with E-state index in [4.69, 9.17) is 4.74 Å². The Labute approximate surface area is 109 Å². The number of aromatic nitrogens is 4. The number of methoxy groups -OCH3 is 1. The number of aryl methyl sites for hydroxylation is 1. The lowest BCUT2D eigenvalue weighted by atomic mass is 10.0. The van der Waals surface area contributed by atoms with Crippen molar-refractivity contribution in [3.63, 3.8) is 0 Å². The summed E-state index contributed by atoms with van der Waals surface area (Å²) in [6, 6.07) is 9.65. The predicted octanol–water partition coefficient (Wildman–Crippen LogP) is 1.52. The van der Waals surface area contributed by atoms with Crippen molar-refractivity contribution in [3.05, 3.63) is 42.1 Å². The highest BCUT2D eigenvalue weighted by Gasteiger charge is 2.23. The van der Waals surface area contributed by atoms with Gasteiger partial charge in [-0.05, 0) is 16.0 Å². The normalized spacial score (nSPS) is 10.8. The van der Waals surface area contributed by atoms with E-state index in [1.165, 1.54) is 7.11 Å². The van der Waals surface area contributed by atoms with Gasteiger partial charge in [-0.25, -0.2) is 14.0 Å². The molecule has 3 rings (SSSR count). The highest BCUT2D eigenvalue weighted by molar-refractivity contribution is 6.03. The third-order valence-electron chi connectivity index (χ3n) is 3.01. The van der Waals surface area contributed by atoms with Crippen molar-refractivity contribution in [2.45, 2.75) is 0 Å². The molecule has 19 heavy (non-hydrogen) atoms. The Balaban J connectivity index is 2.33. The Bertz CT molecular complexity index is 743. The molecule has 96 valence electrons. The fraction of sp³-hybridized carbons (Fsp3) is 0.154. The van der Waals surface area contributed by atoms with E-state index in [1.807, 2.05) is 30.3 Å². The van der Waals surface area contributed by atoms with E-state index in [2.05, 4.69) is 10.4 Å². The van der Waals surface area contributed by atoms with E-state index in [0.717, 1.165) is 11.1 Å². The van der Waals surface area contributed by atoms with Crippen LogP contribution < -0.4 is 0 Å². The lowest BCUT2D eigenvalue weighted by Crippen LogP contribution is -2.05. The lowest BCUT2D eigenvalue weighted by Gasteiger charge is -2.03. The fourth-order valence-electron chi connectivity index (χ4n) is 2.15. The molecule has 2 aromatic heterocycles. The summed E-state index contributed by atoms with van der Waals surface area (Å²) in [5, 5.41) is 7.85. The largest absolute Gasteiger partial charge is 0.465 e. The molecule has 0 aliphatic carbocycles. The van der Waals surface area contributed by atoms with Crippen molar-refractivity contribution in [1.29, 1.82) is 0 Å². The summed E-state index contributed by atoms with van der Waals surface area (Å²) >= 11 is 0. The molecule has 0 unspecified atom stereocenters. The maximum absolute atomic E-state index is 12.0. The van der Waals surface area contributed by atoms with Gasteiger partial charge in [0.25, 0.3) is 0 Å². The number of carbonyl (C=O) groups excluding carboxylic acids is 1. The molecule has 0 aliphatic rings. The second-order valence-electron chi connectivity index (χ2n) is 4.15. The molecule has 6 heteroatoms. The maximum atomic E-state index is 12.0. The van der Waals surface area contributed by atoms with Crippen LogP contribution in [0.3, 0.4) is 0 Å². The van der Waals surface area contributed by atoms with Crippen molar-refractivity contribution in [2.24, 2.45) is 7.05 Å². The first-order valence-electron chi connectivity index (χ1n) is 5.77. The van der Waals surface area contributed by atoms with Gasteiger partial charge in [0.1, 0.15) is 5.56 Å². The molecule has 6 nitrogen and oxygen atoms in total. The Kier molecular flexibility index (Phi) is 2.56. The number of tetrazole rings is 1. The second-order valence-corrected chi connectivity index (χ2v) is 4.15. The van der Waals surface area contributed by atoms with Crippen molar-refractivity contribution < 1.29 is 9.53 Å². The van der Waals surface area contributed by atoms with Crippen LogP contribution in [0.2, 0.25) is 0 Å². The van der Waals surface area contributed by atoms with Gasteiger partial charge in [-0.15, -0.1) is 0 Å². The molecule has 0 bridgehead atoms. The molecule has 0 spiro atoms. The third kappa shape index (κ3) is 1.69. The first-order valence-corrected chi connectivity index (χ1v) is 5.77. The number of nitrogens with zero attached hydrogens (tertiary/aromatic N) is 4. The van der Waals surface area contributed by atoms with Crippen LogP contribution in [0.5, 0.6) is 0 Å². The topological polar surface area (TPSA) is 61.4 Å². The van der Waals surface area contributed by atoms with Gasteiger partial charge in [-0.1, -0.05) is 30.3 Å². The summed E-state index contributed by atoms with van der Waals surface area (Å²) in [5.41, 5.74) is 2.81. The minimum Gasteiger partial charge on any atom is -0.465 e. The molecule has 3 aromatic rings. The molecular weight excluding hydrogens is 244 g/mol. The Morgan fingerprint density at radius 1 is 1.21 bits per heavy atom. The summed E-state index contributed by atoms with van der Waals surface area (Å²) < 4.78 is 8.00. The zero-order valence-corrected chi connectivity index (χ0v) is 10.6. The highest BCUT2D eigenvalue weighted by atomic mass is 16.5. The standard InChI is InChI=1S/C13H12N4O2/c1-16-12-11(13(18)19-2)10(8-17(12)15-14-16)9-6-4-3-5-7-9/h3-8H,1-2H3. The number of rotatable bonds is 2. The molecule has 0 saturated heterocycles. The summed E-state index contributed by atoms with van der Waals surface area (Å²) in [6.45, 7) is 0. The molecule has 0 fully saturated rings. The number of benzene rings is 1. The zero-order chi connectivity index (χ0) is 13.4. The minimum atomic E-state index is -0.397. The number of esters is 1. The number of fused-ring (bicyclic) bond motifs is 1. The SMILES string of the molecule is COC(=O)c1c(-c2ccccc2)cn2nnn(C)c12. The molecule has 1 aromatic carbocycles. The summed E-state index contributed by atoms with van der Waals surface area (Å²) in [7, 11) is 3.11. The molecule has 0 saturated carbocycles. The van der Waals surface area contributed by atoms with Crippen LogP contribution in [0.25, 0.3) is 16.8 Å². The molecule has 0 aliphatic heterocycles. The Morgan fingerprint density at radius 2 is 1.95 bits per heavy atom. The first-order chi connectivity index (χ1) is 9.22. The van der Waals surface area contributed by atoms with E-state index in [0.29, 0.717) is 11.2 Å². The molecular formula is C13H12N4O2. The highest BCUT2D eigenvalue weighted by Crippen LogP contribution is 2.28. The zero-order valence-electron chi connectivity index (χ0n) is 10.6. The molecule has 0 amide bonds. The fourth-order valence-corrected chi connectivity index (χ4v) is 2.15. The van der Waals surface area contributed by atoms with Crippen molar-refractivity contribution in [1.82, 2.24) is 19.6 Å². The van der Waals surface area contributed by atoms with Gasteiger partial charge in [0.05, 0.1) is 7.11 Å². The number of carbonyl (C=O) groups is 1. The van der Waals surface area contributed by atoms with Crippen molar-refractivity contribution >= 4 is 11.6 Å². The lowest BCUT2D eigenvalue weighted by molar-refractivity contribution is 0.0603. The van der Waals surface area contributed by atoms with Crippen LogP contribution in [0.1, 0.15) is 10.4 Å².